The Labute approximate surface area is 285 Å². The number of amides is 1. The molecule has 47 heavy (non-hydrogen) atoms. The first-order valence-corrected chi connectivity index (χ1v) is 17.3. The highest BCUT2D eigenvalue weighted by molar-refractivity contribution is 6.12. The number of hydrogen-bond acceptors (Lipinski definition) is 5. The Morgan fingerprint density at radius 2 is 1.77 bits per heavy atom. The molecular weight excluding hydrogens is 580 g/mol. The quantitative estimate of drug-likeness (QED) is 0.123. The van der Waals surface area contributed by atoms with Crippen LogP contribution in [0.5, 0.6) is 0 Å². The smallest absolute Gasteiger partial charge is 0.255 e. The second-order valence-corrected chi connectivity index (χ2v) is 12.3. The Morgan fingerprint density at radius 1 is 1.09 bits per heavy atom. The molecule has 2 fully saturated rings. The predicted molar refractivity (Wildman–Crippen MR) is 199 cm³/mol. The molecule has 1 unspecified atom stereocenters. The van der Waals surface area contributed by atoms with Gasteiger partial charge in [-0.25, -0.2) is 0 Å². The number of nitrogens with zero attached hydrogens (tertiary/aromatic N) is 4. The van der Waals surface area contributed by atoms with Crippen LogP contribution in [-0.2, 0) is 9.53 Å². The van der Waals surface area contributed by atoms with Crippen molar-refractivity contribution in [1.82, 2.24) is 9.80 Å². The van der Waals surface area contributed by atoms with Gasteiger partial charge in [-0.3, -0.25) is 9.79 Å². The van der Waals surface area contributed by atoms with Crippen LogP contribution in [0.15, 0.2) is 100 Å². The lowest BCUT2D eigenvalue weighted by Gasteiger charge is -2.43. The summed E-state index contributed by atoms with van der Waals surface area (Å²) in [6.45, 7) is 19.2. The average molecular weight is 639 g/mol. The van der Waals surface area contributed by atoms with Crippen LogP contribution in [0, 0.1) is 11.3 Å². The van der Waals surface area contributed by atoms with Gasteiger partial charge in [0.05, 0.1) is 11.6 Å². The van der Waals surface area contributed by atoms with Crippen LogP contribution in [0.3, 0.4) is 0 Å². The Bertz CT molecular complexity index is 1410. The van der Waals surface area contributed by atoms with Crippen molar-refractivity contribution in [2.75, 3.05) is 26.7 Å². The molecule has 6 heteroatoms. The van der Waals surface area contributed by atoms with E-state index in [2.05, 4.69) is 103 Å². The Kier molecular flexibility index (Phi) is 17.0. The van der Waals surface area contributed by atoms with Gasteiger partial charge >= 0.3 is 0 Å². The first-order chi connectivity index (χ1) is 22.6. The highest BCUT2D eigenvalue weighted by Gasteiger charge is 2.53. The lowest BCUT2D eigenvalue weighted by atomic mass is 9.92. The zero-order valence-corrected chi connectivity index (χ0v) is 30.5. The molecule has 254 valence electrons. The van der Waals surface area contributed by atoms with E-state index in [4.69, 9.17) is 15.0 Å². The van der Waals surface area contributed by atoms with Crippen molar-refractivity contribution < 1.29 is 9.53 Å². The van der Waals surface area contributed by atoms with Crippen LogP contribution in [0.25, 0.3) is 5.57 Å². The van der Waals surface area contributed by atoms with Crippen molar-refractivity contribution >= 4 is 17.2 Å². The van der Waals surface area contributed by atoms with Crippen molar-refractivity contribution in [3.8, 4) is 6.07 Å². The second kappa shape index (κ2) is 20.3. The number of piperazine rings is 1. The molecule has 1 aliphatic heterocycles. The molecule has 0 N–H and O–H groups in total. The van der Waals surface area contributed by atoms with E-state index in [0.717, 1.165) is 68.5 Å². The molecule has 1 aromatic carbocycles. The summed E-state index contributed by atoms with van der Waals surface area (Å²) in [7, 11) is 1.66. The molecule has 3 rings (SSSR count). The van der Waals surface area contributed by atoms with Gasteiger partial charge in [0, 0.05) is 56.0 Å². The molecule has 0 aromatic heterocycles. The van der Waals surface area contributed by atoms with Crippen LogP contribution in [0.1, 0.15) is 99.5 Å². The third-order valence-electron chi connectivity index (χ3n) is 8.65. The summed E-state index contributed by atoms with van der Waals surface area (Å²) < 4.78 is 5.55. The average Bonchev–Trinajstić information content (AvgIpc) is 3.88. The van der Waals surface area contributed by atoms with Crippen LogP contribution in [0.4, 0.5) is 0 Å². The van der Waals surface area contributed by atoms with E-state index in [1.165, 1.54) is 22.4 Å². The standard InChI is InChI=1S/C28H39N3O2.C13H19N/c1-7-9-17-29-22(4)26(25(8-2)24-13-11-10-12-14-24)23(5)30-18-19-31(21(3)20-30)27(32)28(33-6)15-16-28;1-4-6-7-9-13(11-14)10-12(3)8-5-2/h8-14,17,21H,7,15-16,18-20H2,1-6H3;6-7,9-10H,4-5,8H2,1-3H3/b17-9+,25-8-,26-23-,29-22+;7-6+,12-10+,13-9+. The molecule has 1 aromatic rings. The minimum Gasteiger partial charge on any atom is -0.371 e. The van der Waals surface area contributed by atoms with Crippen LogP contribution in [0.2, 0.25) is 0 Å². The van der Waals surface area contributed by atoms with Gasteiger partial charge in [0.15, 0.2) is 0 Å². The molecule has 1 heterocycles. The van der Waals surface area contributed by atoms with Crippen LogP contribution in [-0.4, -0.2) is 59.8 Å². The van der Waals surface area contributed by atoms with Crippen molar-refractivity contribution in [3.63, 3.8) is 0 Å². The molecule has 1 atom stereocenters. The number of nitriles is 1. The minimum atomic E-state index is -0.563. The van der Waals surface area contributed by atoms with Gasteiger partial charge in [-0.15, -0.1) is 0 Å². The summed E-state index contributed by atoms with van der Waals surface area (Å²) in [6.07, 6.45) is 19.8. The predicted octanol–water partition coefficient (Wildman–Crippen LogP) is 9.61. The molecule has 0 radical (unpaired) electrons. The van der Waals surface area contributed by atoms with Crippen molar-refractivity contribution in [3.05, 3.63) is 101 Å². The zero-order chi connectivity index (χ0) is 34.8. The summed E-state index contributed by atoms with van der Waals surface area (Å²) in [5, 5.41) is 8.85. The van der Waals surface area contributed by atoms with E-state index in [0.29, 0.717) is 6.54 Å². The minimum absolute atomic E-state index is 0.123. The number of methoxy groups -OCH3 is 1. The maximum absolute atomic E-state index is 13.1. The highest BCUT2D eigenvalue weighted by atomic mass is 16.5. The van der Waals surface area contributed by atoms with E-state index in [9.17, 15) is 4.79 Å². The highest BCUT2D eigenvalue weighted by Crippen LogP contribution is 2.41. The van der Waals surface area contributed by atoms with Crippen molar-refractivity contribution in [1.29, 1.82) is 5.26 Å². The van der Waals surface area contributed by atoms with Crippen molar-refractivity contribution in [2.24, 2.45) is 4.99 Å². The van der Waals surface area contributed by atoms with E-state index in [1.54, 1.807) is 7.11 Å². The van der Waals surface area contributed by atoms with Gasteiger partial charge in [-0.2, -0.15) is 5.26 Å². The third kappa shape index (κ3) is 11.7. The van der Waals surface area contributed by atoms with Gasteiger partial charge in [0.25, 0.3) is 5.91 Å². The molecular formula is C41H58N4O2. The normalized spacial score (nSPS) is 19.4. The molecule has 1 aliphatic carbocycles. The van der Waals surface area contributed by atoms with Crippen LogP contribution >= 0.6 is 0 Å². The Hall–Kier alpha value is -3.95. The Morgan fingerprint density at radius 3 is 2.30 bits per heavy atom. The topological polar surface area (TPSA) is 68.9 Å². The molecule has 1 saturated carbocycles. The lowest BCUT2D eigenvalue weighted by Crippen LogP contribution is -2.56. The number of carbonyl (C=O) groups excluding carboxylic acids is 1. The van der Waals surface area contributed by atoms with Crippen LogP contribution < -0.4 is 0 Å². The molecule has 0 spiro atoms. The molecule has 1 amide bonds. The fourth-order valence-corrected chi connectivity index (χ4v) is 5.82. The number of ether oxygens (including phenoxy) is 1. The zero-order valence-electron chi connectivity index (χ0n) is 30.5. The summed E-state index contributed by atoms with van der Waals surface area (Å²) in [5.41, 5.74) is 7.16. The van der Waals surface area contributed by atoms with Gasteiger partial charge in [0.2, 0.25) is 0 Å². The fraction of sp³-hybridized carbons (Fsp3) is 0.488. The molecule has 1 saturated heterocycles. The summed E-state index contributed by atoms with van der Waals surface area (Å²) >= 11 is 0. The second-order valence-electron chi connectivity index (χ2n) is 12.3. The number of rotatable bonds is 13. The Balaban J connectivity index is 0.000000463. The first-order valence-electron chi connectivity index (χ1n) is 17.3. The number of benzene rings is 1. The fourth-order valence-electron chi connectivity index (χ4n) is 5.82. The number of hydrogen-bond donors (Lipinski definition) is 0. The SMILES string of the molecule is CC/C=C/C=C(C#N)\C=C(/C)CCC.C\C=C(C(/C(C)=N/C=C/CC)=C(/C)N1CCN(C(=O)C2(OC)CC2)C(C)C1)\c1ccccc1. The maximum Gasteiger partial charge on any atom is 0.255 e. The lowest BCUT2D eigenvalue weighted by molar-refractivity contribution is -0.148. The number of aliphatic imine (C=N–C) groups is 1. The largest absolute Gasteiger partial charge is 0.371 e. The van der Waals surface area contributed by atoms with E-state index < -0.39 is 5.60 Å². The van der Waals surface area contributed by atoms with Gasteiger partial charge in [-0.1, -0.05) is 87.4 Å². The first kappa shape index (κ1) is 39.2. The van der Waals surface area contributed by atoms with Gasteiger partial charge < -0.3 is 14.5 Å². The third-order valence-corrected chi connectivity index (χ3v) is 8.65. The maximum atomic E-state index is 13.1. The monoisotopic (exact) mass is 638 g/mol. The van der Waals surface area contributed by atoms with E-state index in [-0.39, 0.29) is 11.9 Å². The summed E-state index contributed by atoms with van der Waals surface area (Å²) in [4.78, 5) is 22.3. The van der Waals surface area contributed by atoms with E-state index >= 15 is 0 Å². The molecule has 6 nitrogen and oxygen atoms in total. The molecule has 0 bridgehead atoms. The molecule has 2 aliphatic rings. The summed E-state index contributed by atoms with van der Waals surface area (Å²) in [6, 6.07) is 12.8. The van der Waals surface area contributed by atoms with Gasteiger partial charge in [-0.05, 0) is 90.0 Å². The van der Waals surface area contributed by atoms with Gasteiger partial charge in [0.1, 0.15) is 5.60 Å². The number of carbonyl (C=O) groups is 1. The number of allylic oxidation sites excluding steroid dienone is 11. The van der Waals surface area contributed by atoms with E-state index in [1.807, 2.05) is 41.5 Å². The van der Waals surface area contributed by atoms with Crippen molar-refractivity contribution in [2.45, 2.75) is 106 Å². The summed E-state index contributed by atoms with van der Waals surface area (Å²) in [5.74, 6) is 0.153.